The molecular formula is C14H22O5. The van der Waals surface area contributed by atoms with Crippen LogP contribution in [0, 0.1) is 5.41 Å². The third-order valence-corrected chi connectivity index (χ3v) is 3.98. The summed E-state index contributed by atoms with van der Waals surface area (Å²) in [6.45, 7) is 0. The van der Waals surface area contributed by atoms with Crippen molar-refractivity contribution in [2.24, 2.45) is 5.41 Å². The molecule has 5 heteroatoms. The van der Waals surface area contributed by atoms with E-state index >= 15 is 0 Å². The minimum atomic E-state index is -1.50. The van der Waals surface area contributed by atoms with Crippen molar-refractivity contribution in [2.45, 2.75) is 64.2 Å². The molecule has 0 heterocycles. The van der Waals surface area contributed by atoms with Gasteiger partial charge in [-0.2, -0.15) is 0 Å². The van der Waals surface area contributed by atoms with E-state index in [1.54, 1.807) is 0 Å². The molecule has 108 valence electrons. The molecule has 1 rings (SSSR count). The van der Waals surface area contributed by atoms with E-state index in [1.807, 2.05) is 0 Å². The van der Waals surface area contributed by atoms with Crippen molar-refractivity contribution >= 4 is 17.7 Å². The van der Waals surface area contributed by atoms with Crippen molar-refractivity contribution in [2.75, 3.05) is 0 Å². The van der Waals surface area contributed by atoms with Crippen LogP contribution in [0.1, 0.15) is 64.2 Å². The number of hydrogen-bond donors (Lipinski definition) is 2. The van der Waals surface area contributed by atoms with Gasteiger partial charge in [0.2, 0.25) is 5.78 Å². The molecule has 1 aliphatic rings. The zero-order valence-corrected chi connectivity index (χ0v) is 11.2. The Bertz CT molecular complexity index is 338. The van der Waals surface area contributed by atoms with Crippen LogP contribution in [0.25, 0.3) is 0 Å². The maximum absolute atomic E-state index is 12.0. The number of rotatable bonds is 4. The molecule has 1 aliphatic carbocycles. The van der Waals surface area contributed by atoms with Crippen molar-refractivity contribution in [3.8, 4) is 0 Å². The molecule has 0 atom stereocenters. The number of ketones is 1. The van der Waals surface area contributed by atoms with E-state index in [1.165, 1.54) is 6.42 Å². The maximum atomic E-state index is 12.0. The van der Waals surface area contributed by atoms with Crippen LogP contribution in [0.2, 0.25) is 0 Å². The van der Waals surface area contributed by atoms with Gasteiger partial charge in [0, 0.05) is 0 Å². The van der Waals surface area contributed by atoms with E-state index in [4.69, 9.17) is 10.2 Å². The molecule has 0 aromatic heterocycles. The molecule has 0 aliphatic heterocycles. The van der Waals surface area contributed by atoms with Gasteiger partial charge in [-0.3, -0.25) is 9.59 Å². The Hall–Kier alpha value is -1.39. The van der Waals surface area contributed by atoms with Crippen LogP contribution in [0.5, 0.6) is 0 Å². The second-order valence-corrected chi connectivity index (χ2v) is 5.46. The molecule has 0 amide bonds. The molecular weight excluding hydrogens is 248 g/mol. The third-order valence-electron chi connectivity index (χ3n) is 3.98. The molecule has 2 N–H and O–H groups in total. The normalized spacial score (nSPS) is 20.4. The van der Waals surface area contributed by atoms with Crippen LogP contribution in [0.3, 0.4) is 0 Å². The summed E-state index contributed by atoms with van der Waals surface area (Å²) in [6.07, 6.45) is 7.04. The minimum Gasteiger partial charge on any atom is -0.481 e. The van der Waals surface area contributed by atoms with Crippen LogP contribution in [0.4, 0.5) is 0 Å². The second kappa shape index (κ2) is 7.26. The lowest BCUT2D eigenvalue weighted by atomic mass is 9.71. The van der Waals surface area contributed by atoms with Crippen LogP contribution < -0.4 is 0 Å². The number of carbonyl (C=O) groups is 3. The fourth-order valence-corrected chi connectivity index (χ4v) is 2.94. The molecule has 0 aromatic rings. The van der Waals surface area contributed by atoms with Gasteiger partial charge in [-0.25, -0.2) is 4.79 Å². The lowest BCUT2D eigenvalue weighted by Gasteiger charge is -2.30. The van der Waals surface area contributed by atoms with Gasteiger partial charge in [-0.05, 0) is 12.8 Å². The molecule has 0 bridgehead atoms. The monoisotopic (exact) mass is 270 g/mol. The van der Waals surface area contributed by atoms with E-state index < -0.39 is 23.1 Å². The maximum Gasteiger partial charge on any atom is 0.372 e. The van der Waals surface area contributed by atoms with Gasteiger partial charge in [-0.1, -0.05) is 44.9 Å². The van der Waals surface area contributed by atoms with Crippen molar-refractivity contribution < 1.29 is 24.6 Å². The summed E-state index contributed by atoms with van der Waals surface area (Å²) in [5, 5.41) is 18.0. The van der Waals surface area contributed by atoms with Gasteiger partial charge < -0.3 is 10.2 Å². The standard InChI is InChI=1S/C14H22O5/c15-11(16)10-14(12(17)13(18)19)8-6-4-2-1-3-5-7-9-14/h1-10H2,(H,15,16)(H,18,19). The number of hydrogen-bond acceptors (Lipinski definition) is 3. The van der Waals surface area contributed by atoms with Gasteiger partial charge in [0.05, 0.1) is 11.8 Å². The Morgan fingerprint density at radius 1 is 0.789 bits per heavy atom. The molecule has 0 unspecified atom stereocenters. The first-order valence-corrected chi connectivity index (χ1v) is 6.97. The summed E-state index contributed by atoms with van der Waals surface area (Å²) < 4.78 is 0. The molecule has 5 nitrogen and oxygen atoms in total. The van der Waals surface area contributed by atoms with E-state index in [0.29, 0.717) is 12.8 Å². The largest absolute Gasteiger partial charge is 0.481 e. The summed E-state index contributed by atoms with van der Waals surface area (Å²) in [4.78, 5) is 34.0. The molecule has 19 heavy (non-hydrogen) atoms. The van der Waals surface area contributed by atoms with E-state index in [2.05, 4.69) is 0 Å². The Labute approximate surface area is 113 Å². The van der Waals surface area contributed by atoms with Gasteiger partial charge in [-0.15, -0.1) is 0 Å². The molecule has 0 aromatic carbocycles. The van der Waals surface area contributed by atoms with Gasteiger partial charge in [0.1, 0.15) is 0 Å². The first-order valence-electron chi connectivity index (χ1n) is 6.97. The lowest BCUT2D eigenvalue weighted by Crippen LogP contribution is -2.38. The quantitative estimate of drug-likeness (QED) is 0.766. The van der Waals surface area contributed by atoms with E-state index in [9.17, 15) is 14.4 Å². The van der Waals surface area contributed by atoms with Crippen LogP contribution >= 0.6 is 0 Å². The van der Waals surface area contributed by atoms with Gasteiger partial charge >= 0.3 is 11.9 Å². The predicted octanol–water partition coefficient (Wildman–Crippen LogP) is 2.63. The second-order valence-electron chi connectivity index (χ2n) is 5.46. The van der Waals surface area contributed by atoms with Crippen LogP contribution in [0.15, 0.2) is 0 Å². The fraction of sp³-hybridized carbons (Fsp3) is 0.786. The van der Waals surface area contributed by atoms with Crippen molar-refractivity contribution in [1.82, 2.24) is 0 Å². The Balaban J connectivity index is 2.91. The summed E-state index contributed by atoms with van der Waals surface area (Å²) in [5.74, 6) is -3.51. The molecule has 0 saturated heterocycles. The molecule has 0 radical (unpaired) electrons. The lowest BCUT2D eigenvalue weighted by molar-refractivity contribution is -0.157. The highest BCUT2D eigenvalue weighted by Crippen LogP contribution is 2.37. The summed E-state index contributed by atoms with van der Waals surface area (Å²) in [7, 11) is 0. The highest BCUT2D eigenvalue weighted by molar-refractivity contribution is 6.35. The van der Waals surface area contributed by atoms with Crippen molar-refractivity contribution in [3.63, 3.8) is 0 Å². The topological polar surface area (TPSA) is 91.7 Å². The highest BCUT2D eigenvalue weighted by Gasteiger charge is 2.43. The summed E-state index contributed by atoms with van der Waals surface area (Å²) >= 11 is 0. The Morgan fingerprint density at radius 2 is 1.21 bits per heavy atom. The highest BCUT2D eigenvalue weighted by atomic mass is 16.4. The fourth-order valence-electron chi connectivity index (χ4n) is 2.94. The van der Waals surface area contributed by atoms with Crippen molar-refractivity contribution in [3.05, 3.63) is 0 Å². The Kier molecular flexibility index (Phi) is 5.99. The SMILES string of the molecule is O=C(O)CC1(C(=O)C(=O)O)CCCCCCCCC1. The third kappa shape index (κ3) is 4.65. The van der Waals surface area contributed by atoms with Crippen LogP contribution in [-0.4, -0.2) is 27.9 Å². The van der Waals surface area contributed by atoms with Crippen molar-refractivity contribution in [1.29, 1.82) is 0 Å². The van der Waals surface area contributed by atoms with Crippen LogP contribution in [-0.2, 0) is 14.4 Å². The number of carboxylic acid groups (broad SMARTS) is 2. The number of carboxylic acids is 2. The minimum absolute atomic E-state index is 0.363. The zero-order valence-electron chi connectivity index (χ0n) is 11.2. The first kappa shape index (κ1) is 15.7. The predicted molar refractivity (Wildman–Crippen MR) is 68.9 cm³/mol. The zero-order chi connectivity index (χ0) is 14.3. The average molecular weight is 270 g/mol. The van der Waals surface area contributed by atoms with E-state index in [0.717, 1.165) is 38.5 Å². The van der Waals surface area contributed by atoms with Gasteiger partial charge in [0.25, 0.3) is 0 Å². The van der Waals surface area contributed by atoms with Gasteiger partial charge in [0.15, 0.2) is 0 Å². The first-order chi connectivity index (χ1) is 8.98. The molecule has 1 saturated carbocycles. The average Bonchev–Trinajstić information content (AvgIpc) is 2.35. The summed E-state index contributed by atoms with van der Waals surface area (Å²) in [6, 6.07) is 0. The number of aliphatic carboxylic acids is 2. The Morgan fingerprint density at radius 3 is 1.58 bits per heavy atom. The number of carbonyl (C=O) groups excluding carboxylic acids is 1. The number of Topliss-reactive ketones (excluding diaryl/α,β-unsaturated/α-hetero) is 1. The molecule has 1 fully saturated rings. The van der Waals surface area contributed by atoms with E-state index in [-0.39, 0.29) is 6.42 Å². The smallest absolute Gasteiger partial charge is 0.372 e. The summed E-state index contributed by atoms with van der Waals surface area (Å²) in [5.41, 5.74) is -1.20. The molecule has 0 spiro atoms.